The lowest BCUT2D eigenvalue weighted by Crippen LogP contribution is -2.52. The number of halogens is 1. The number of carbonyl (C=O) groups is 2. The second-order valence-electron chi connectivity index (χ2n) is 6.70. The smallest absolute Gasteiger partial charge is 0.242 e. The molecule has 25 heavy (non-hydrogen) atoms. The number of nitrogens with one attached hydrogen (secondary N) is 1. The molecule has 6 nitrogen and oxygen atoms in total. The molecule has 1 N–H and O–H groups in total. The third-order valence-corrected chi connectivity index (χ3v) is 5.00. The van der Waals surface area contributed by atoms with Gasteiger partial charge in [0.2, 0.25) is 11.8 Å². The van der Waals surface area contributed by atoms with Gasteiger partial charge in [-0.3, -0.25) is 9.59 Å². The van der Waals surface area contributed by atoms with E-state index in [1.807, 2.05) is 18.2 Å². The Kier molecular flexibility index (Phi) is 5.49. The highest BCUT2D eigenvalue weighted by Gasteiger charge is 2.45. The molecule has 0 bridgehead atoms. The van der Waals surface area contributed by atoms with E-state index in [-0.39, 0.29) is 30.1 Å². The molecule has 136 valence electrons. The Morgan fingerprint density at radius 1 is 1.44 bits per heavy atom. The second-order valence-corrected chi connectivity index (χ2v) is 7.10. The number of nitrogens with zero attached hydrogens (tertiary/aromatic N) is 1. The van der Waals surface area contributed by atoms with Crippen LogP contribution in [0.2, 0.25) is 5.02 Å². The molecule has 0 unspecified atom stereocenters. The van der Waals surface area contributed by atoms with Gasteiger partial charge in [-0.2, -0.15) is 0 Å². The van der Waals surface area contributed by atoms with Crippen molar-refractivity contribution in [3.8, 4) is 5.75 Å². The first kappa shape index (κ1) is 18.0. The van der Waals surface area contributed by atoms with E-state index in [0.29, 0.717) is 30.5 Å². The number of amides is 2. The minimum absolute atomic E-state index is 0.0327. The van der Waals surface area contributed by atoms with Crippen molar-refractivity contribution in [3.05, 3.63) is 29.3 Å². The summed E-state index contributed by atoms with van der Waals surface area (Å²) in [5.41, 5.74) is -0.365. The lowest BCUT2D eigenvalue weighted by Gasteiger charge is -2.39. The topological polar surface area (TPSA) is 67.9 Å². The maximum Gasteiger partial charge on any atom is 0.242 e. The molecule has 0 aromatic heterocycles. The van der Waals surface area contributed by atoms with Crippen LogP contribution in [0.3, 0.4) is 0 Å². The SMILES string of the molecule is CC(=O)NCC(=O)N1CCC[C@@]2(C[C@@H](Oc3ccccc3Cl)CO2)C1. The Morgan fingerprint density at radius 2 is 2.24 bits per heavy atom. The van der Waals surface area contributed by atoms with Gasteiger partial charge in [-0.1, -0.05) is 23.7 Å². The summed E-state index contributed by atoms with van der Waals surface area (Å²) in [6.45, 7) is 3.15. The van der Waals surface area contributed by atoms with Gasteiger partial charge in [0, 0.05) is 26.4 Å². The third kappa shape index (κ3) is 4.44. The van der Waals surface area contributed by atoms with Gasteiger partial charge in [-0.25, -0.2) is 0 Å². The molecular weight excluding hydrogens is 344 g/mol. The highest BCUT2D eigenvalue weighted by atomic mass is 35.5. The Morgan fingerprint density at radius 3 is 3.00 bits per heavy atom. The van der Waals surface area contributed by atoms with Gasteiger partial charge in [0.15, 0.2) is 0 Å². The first-order chi connectivity index (χ1) is 12.0. The number of likely N-dealkylation sites (tertiary alicyclic amines) is 1. The quantitative estimate of drug-likeness (QED) is 0.885. The van der Waals surface area contributed by atoms with Crippen molar-refractivity contribution in [3.63, 3.8) is 0 Å². The number of para-hydroxylation sites is 1. The molecule has 3 rings (SSSR count). The fourth-order valence-corrected chi connectivity index (χ4v) is 3.69. The molecule has 2 heterocycles. The zero-order valence-electron chi connectivity index (χ0n) is 14.3. The molecule has 2 amide bonds. The van der Waals surface area contributed by atoms with Crippen molar-refractivity contribution in [1.29, 1.82) is 0 Å². The van der Waals surface area contributed by atoms with E-state index < -0.39 is 0 Å². The van der Waals surface area contributed by atoms with Crippen molar-refractivity contribution in [1.82, 2.24) is 10.2 Å². The summed E-state index contributed by atoms with van der Waals surface area (Å²) in [5, 5.41) is 3.14. The van der Waals surface area contributed by atoms with Crippen molar-refractivity contribution >= 4 is 23.4 Å². The summed E-state index contributed by atoms with van der Waals surface area (Å²) in [5.74, 6) is 0.378. The number of ether oxygens (including phenoxy) is 2. The second kappa shape index (κ2) is 7.62. The van der Waals surface area contributed by atoms with E-state index in [4.69, 9.17) is 21.1 Å². The van der Waals surface area contributed by atoms with Crippen molar-refractivity contribution in [2.24, 2.45) is 0 Å². The maximum absolute atomic E-state index is 12.3. The summed E-state index contributed by atoms with van der Waals surface area (Å²) in [7, 11) is 0. The molecule has 1 aromatic carbocycles. The fourth-order valence-electron chi connectivity index (χ4n) is 3.51. The molecule has 2 aliphatic rings. The largest absolute Gasteiger partial charge is 0.486 e. The lowest BCUT2D eigenvalue weighted by atomic mass is 9.89. The van der Waals surface area contributed by atoms with Crippen LogP contribution in [-0.2, 0) is 14.3 Å². The highest BCUT2D eigenvalue weighted by Crippen LogP contribution is 2.37. The summed E-state index contributed by atoms with van der Waals surface area (Å²) in [6, 6.07) is 7.39. The molecule has 0 aliphatic carbocycles. The average Bonchev–Trinajstić information content (AvgIpc) is 2.96. The van der Waals surface area contributed by atoms with Crippen molar-refractivity contribution in [2.75, 3.05) is 26.2 Å². The van der Waals surface area contributed by atoms with E-state index in [9.17, 15) is 9.59 Å². The van der Waals surface area contributed by atoms with Crippen LogP contribution in [0.4, 0.5) is 0 Å². The number of carbonyl (C=O) groups excluding carboxylic acids is 2. The lowest BCUT2D eigenvalue weighted by molar-refractivity contribution is -0.139. The zero-order chi connectivity index (χ0) is 17.9. The highest BCUT2D eigenvalue weighted by molar-refractivity contribution is 6.32. The molecule has 1 aromatic rings. The van der Waals surface area contributed by atoms with Crippen LogP contribution < -0.4 is 10.1 Å². The predicted molar refractivity (Wildman–Crippen MR) is 93.7 cm³/mol. The van der Waals surface area contributed by atoms with Gasteiger partial charge >= 0.3 is 0 Å². The van der Waals surface area contributed by atoms with Gasteiger partial charge in [0.25, 0.3) is 0 Å². The Bertz CT molecular complexity index is 654. The fraction of sp³-hybridized carbons (Fsp3) is 0.556. The van der Waals surface area contributed by atoms with Crippen LogP contribution in [0.25, 0.3) is 0 Å². The van der Waals surface area contributed by atoms with Crippen LogP contribution in [0.5, 0.6) is 5.75 Å². The minimum Gasteiger partial charge on any atom is -0.486 e. The van der Waals surface area contributed by atoms with Gasteiger partial charge in [-0.15, -0.1) is 0 Å². The number of hydrogen-bond acceptors (Lipinski definition) is 4. The van der Waals surface area contributed by atoms with Crippen molar-refractivity contribution < 1.29 is 19.1 Å². The molecule has 2 atom stereocenters. The number of piperidine rings is 1. The van der Waals surface area contributed by atoms with E-state index >= 15 is 0 Å². The van der Waals surface area contributed by atoms with Crippen LogP contribution in [0.1, 0.15) is 26.2 Å². The molecular formula is C18H23ClN2O4. The summed E-state index contributed by atoms with van der Waals surface area (Å²) in [6.07, 6.45) is 2.43. The summed E-state index contributed by atoms with van der Waals surface area (Å²) < 4.78 is 12.1. The van der Waals surface area contributed by atoms with E-state index in [1.165, 1.54) is 6.92 Å². The van der Waals surface area contributed by atoms with E-state index in [0.717, 1.165) is 19.3 Å². The minimum atomic E-state index is -0.365. The van der Waals surface area contributed by atoms with Gasteiger partial charge in [-0.05, 0) is 25.0 Å². The molecule has 2 aliphatic heterocycles. The Labute approximate surface area is 152 Å². The molecule has 2 fully saturated rings. The summed E-state index contributed by atoms with van der Waals surface area (Å²) >= 11 is 6.15. The number of hydrogen-bond donors (Lipinski definition) is 1. The molecule has 0 radical (unpaired) electrons. The summed E-state index contributed by atoms with van der Waals surface area (Å²) in [4.78, 5) is 25.0. The van der Waals surface area contributed by atoms with Crippen LogP contribution in [-0.4, -0.2) is 54.7 Å². The molecule has 0 saturated carbocycles. The normalized spacial score (nSPS) is 25.8. The molecule has 7 heteroatoms. The molecule has 1 spiro atoms. The van der Waals surface area contributed by atoms with Crippen molar-refractivity contribution in [2.45, 2.75) is 37.9 Å². The first-order valence-electron chi connectivity index (χ1n) is 8.55. The standard InChI is InChI=1S/C18H23ClN2O4/c1-13(22)20-10-17(23)21-8-4-7-18(12-21)9-14(11-24-18)25-16-6-3-2-5-15(16)19/h2-3,5-6,14H,4,7-12H2,1H3,(H,20,22)/t14-,18-/m1/s1. The van der Waals surface area contributed by atoms with Crippen LogP contribution in [0, 0.1) is 0 Å². The monoisotopic (exact) mass is 366 g/mol. The van der Waals surface area contributed by atoms with E-state index in [1.54, 1.807) is 11.0 Å². The average molecular weight is 367 g/mol. The molecule has 2 saturated heterocycles. The number of rotatable bonds is 4. The zero-order valence-corrected chi connectivity index (χ0v) is 15.1. The van der Waals surface area contributed by atoms with Gasteiger partial charge in [0.05, 0.1) is 23.8 Å². The predicted octanol–water partition coefficient (Wildman–Crippen LogP) is 2.00. The van der Waals surface area contributed by atoms with Gasteiger partial charge in [0.1, 0.15) is 11.9 Å². The first-order valence-corrected chi connectivity index (χ1v) is 8.93. The maximum atomic E-state index is 12.3. The van der Waals surface area contributed by atoms with Crippen LogP contribution in [0.15, 0.2) is 24.3 Å². The van der Waals surface area contributed by atoms with Crippen LogP contribution >= 0.6 is 11.6 Å². The Balaban J connectivity index is 1.58. The van der Waals surface area contributed by atoms with E-state index in [2.05, 4.69) is 5.32 Å². The third-order valence-electron chi connectivity index (χ3n) is 4.69. The Hall–Kier alpha value is -1.79. The van der Waals surface area contributed by atoms with Gasteiger partial charge < -0.3 is 19.7 Å². The number of benzene rings is 1.